The van der Waals surface area contributed by atoms with Crippen LogP contribution < -0.4 is 4.74 Å². The van der Waals surface area contributed by atoms with Gasteiger partial charge in [-0.25, -0.2) is 4.79 Å². The Kier molecular flexibility index (Phi) is 9.67. The quantitative estimate of drug-likeness (QED) is 0.322. The molecule has 1 saturated heterocycles. The van der Waals surface area contributed by atoms with Crippen LogP contribution in [0.1, 0.15) is 43.4 Å². The molecule has 9 nitrogen and oxygen atoms in total. The van der Waals surface area contributed by atoms with Gasteiger partial charge in [-0.05, 0) is 63.3 Å². The van der Waals surface area contributed by atoms with Gasteiger partial charge in [0.05, 0.1) is 12.0 Å². The first-order valence-electron chi connectivity index (χ1n) is 12.3. The lowest BCUT2D eigenvalue weighted by atomic mass is 9.88. The zero-order chi connectivity index (χ0) is 27.2. The van der Waals surface area contributed by atoms with Gasteiger partial charge in [0.25, 0.3) is 0 Å². The number of aliphatic hydroxyl groups is 3. The largest absolute Gasteiger partial charge is 0.493 e. The smallest absolute Gasteiger partial charge is 0.338 e. The summed E-state index contributed by atoms with van der Waals surface area (Å²) < 4.78 is 21.8. The van der Waals surface area contributed by atoms with Crippen molar-refractivity contribution in [2.75, 3.05) is 6.61 Å². The summed E-state index contributed by atoms with van der Waals surface area (Å²) in [5.41, 5.74) is 1.85. The van der Waals surface area contributed by atoms with E-state index in [1.54, 1.807) is 38.1 Å². The Labute approximate surface area is 216 Å². The fourth-order valence-corrected chi connectivity index (χ4v) is 3.88. The van der Waals surface area contributed by atoms with E-state index in [-0.39, 0.29) is 6.61 Å². The van der Waals surface area contributed by atoms with Crippen molar-refractivity contribution in [3.05, 3.63) is 65.2 Å². The summed E-state index contributed by atoms with van der Waals surface area (Å²) in [5.74, 6) is -0.855. The fourth-order valence-electron chi connectivity index (χ4n) is 3.88. The fraction of sp³-hybridized carbons (Fsp3) is 0.500. The molecule has 2 unspecified atom stereocenters. The second-order valence-corrected chi connectivity index (χ2v) is 10.0. The van der Waals surface area contributed by atoms with E-state index in [1.165, 1.54) is 0 Å². The zero-order valence-corrected chi connectivity index (χ0v) is 21.6. The number of rotatable bonds is 10. The number of carbonyl (C=O) groups is 2. The molecule has 9 heteroatoms. The number of aryl methyl sites for hydroxylation is 2. The van der Waals surface area contributed by atoms with E-state index in [0.717, 1.165) is 16.9 Å². The molecule has 1 aliphatic heterocycles. The molecule has 0 radical (unpaired) electrons. The highest BCUT2D eigenvalue weighted by Crippen LogP contribution is 2.29. The molecule has 1 fully saturated rings. The Balaban J connectivity index is 1.54. The van der Waals surface area contributed by atoms with Gasteiger partial charge in [0.15, 0.2) is 6.10 Å². The molecule has 5 atom stereocenters. The van der Waals surface area contributed by atoms with Crippen molar-refractivity contribution in [2.45, 2.75) is 77.8 Å². The van der Waals surface area contributed by atoms with Gasteiger partial charge in [-0.15, -0.1) is 0 Å². The van der Waals surface area contributed by atoms with Crippen LogP contribution in [-0.4, -0.2) is 64.6 Å². The van der Waals surface area contributed by atoms with Crippen molar-refractivity contribution in [1.82, 2.24) is 0 Å². The molecule has 2 aromatic carbocycles. The van der Waals surface area contributed by atoms with Crippen LogP contribution in [0.4, 0.5) is 0 Å². The Bertz CT molecular complexity index is 1050. The number of hydrogen-bond donors (Lipinski definition) is 3. The molecule has 3 N–H and O–H groups in total. The Morgan fingerprint density at radius 3 is 2.38 bits per heavy atom. The minimum absolute atomic E-state index is 0.0769. The van der Waals surface area contributed by atoms with Gasteiger partial charge >= 0.3 is 11.9 Å². The SMILES string of the molecule is Cc1ccc(C)c(OCCCC(C)(C)C(=O)O[C@@H]2OC(C(=O)OCc3ccccc3)[C@@H](O)C(O)[C@@H]2O)c1. The maximum atomic E-state index is 12.9. The Morgan fingerprint density at radius 2 is 1.68 bits per heavy atom. The third-order valence-corrected chi connectivity index (χ3v) is 6.35. The molecule has 37 heavy (non-hydrogen) atoms. The summed E-state index contributed by atoms with van der Waals surface area (Å²) in [6.45, 7) is 7.62. The van der Waals surface area contributed by atoms with Gasteiger partial charge in [0.1, 0.15) is 30.7 Å². The summed E-state index contributed by atoms with van der Waals surface area (Å²) in [7, 11) is 0. The van der Waals surface area contributed by atoms with Gasteiger partial charge in [0.2, 0.25) is 6.29 Å². The second-order valence-electron chi connectivity index (χ2n) is 10.0. The normalized spacial score (nSPS) is 23.8. The summed E-state index contributed by atoms with van der Waals surface area (Å²) >= 11 is 0. The summed E-state index contributed by atoms with van der Waals surface area (Å²) in [5, 5.41) is 30.9. The maximum absolute atomic E-state index is 12.9. The summed E-state index contributed by atoms with van der Waals surface area (Å²) in [4.78, 5) is 25.4. The van der Waals surface area contributed by atoms with Crippen molar-refractivity contribution in [2.24, 2.45) is 5.41 Å². The second kappa shape index (κ2) is 12.5. The lowest BCUT2D eigenvalue weighted by molar-refractivity contribution is -0.290. The van der Waals surface area contributed by atoms with E-state index in [9.17, 15) is 24.9 Å². The highest BCUT2D eigenvalue weighted by molar-refractivity contribution is 5.77. The molecule has 0 bridgehead atoms. The topological polar surface area (TPSA) is 132 Å². The molecule has 3 rings (SSSR count). The highest BCUT2D eigenvalue weighted by Gasteiger charge is 2.50. The third-order valence-electron chi connectivity index (χ3n) is 6.35. The number of benzene rings is 2. The molecule has 1 aliphatic rings. The molecule has 0 amide bonds. The van der Waals surface area contributed by atoms with Crippen molar-refractivity contribution >= 4 is 11.9 Å². The maximum Gasteiger partial charge on any atom is 0.338 e. The highest BCUT2D eigenvalue weighted by atomic mass is 16.7. The number of aliphatic hydroxyl groups excluding tert-OH is 3. The van der Waals surface area contributed by atoms with Gasteiger partial charge in [-0.2, -0.15) is 0 Å². The molecule has 0 aliphatic carbocycles. The van der Waals surface area contributed by atoms with Crippen LogP contribution in [0, 0.1) is 19.3 Å². The number of esters is 2. The first-order valence-corrected chi connectivity index (χ1v) is 12.3. The van der Waals surface area contributed by atoms with Crippen LogP contribution in [0.3, 0.4) is 0 Å². The van der Waals surface area contributed by atoms with Crippen molar-refractivity contribution in [3.8, 4) is 5.75 Å². The van der Waals surface area contributed by atoms with Crippen LogP contribution in [0.25, 0.3) is 0 Å². The Hall–Kier alpha value is -2.98. The molecule has 0 aromatic heterocycles. The van der Waals surface area contributed by atoms with Crippen LogP contribution >= 0.6 is 0 Å². The summed E-state index contributed by atoms with van der Waals surface area (Å²) in [6, 6.07) is 14.8. The van der Waals surface area contributed by atoms with Crippen LogP contribution in [0.5, 0.6) is 5.75 Å². The molecular formula is C28H36O9. The van der Waals surface area contributed by atoms with E-state index >= 15 is 0 Å². The van der Waals surface area contributed by atoms with Gasteiger partial charge in [0, 0.05) is 0 Å². The molecule has 202 valence electrons. The molecule has 0 saturated carbocycles. The number of ether oxygens (including phenoxy) is 4. The molecule has 2 aromatic rings. The standard InChI is InChI=1S/C28H36O9/c1-17-11-12-18(2)20(15-17)34-14-8-13-28(3,4)27(33)37-26-23(31)21(29)22(30)24(36-26)25(32)35-16-19-9-6-5-7-10-19/h5-7,9-12,15,21-24,26,29-31H,8,13-14,16H2,1-4H3/t21?,22-,23-,24?,26-/m0/s1. The predicted octanol–water partition coefficient (Wildman–Crippen LogP) is 2.58. The minimum atomic E-state index is -1.78. The molecule has 1 heterocycles. The van der Waals surface area contributed by atoms with Crippen molar-refractivity contribution in [3.63, 3.8) is 0 Å². The van der Waals surface area contributed by atoms with Crippen LogP contribution in [-0.2, 0) is 30.4 Å². The first kappa shape index (κ1) is 28.6. The van der Waals surface area contributed by atoms with E-state index in [1.807, 2.05) is 38.1 Å². The third kappa shape index (κ3) is 7.52. The number of hydrogen-bond acceptors (Lipinski definition) is 9. The molecule has 0 spiro atoms. The van der Waals surface area contributed by atoms with E-state index in [0.29, 0.717) is 25.0 Å². The van der Waals surface area contributed by atoms with Crippen molar-refractivity contribution < 1.29 is 43.9 Å². The summed E-state index contributed by atoms with van der Waals surface area (Å²) in [6.07, 6.45) is -7.63. The Morgan fingerprint density at radius 1 is 0.973 bits per heavy atom. The lowest BCUT2D eigenvalue weighted by Gasteiger charge is -2.39. The van der Waals surface area contributed by atoms with Crippen molar-refractivity contribution in [1.29, 1.82) is 0 Å². The minimum Gasteiger partial charge on any atom is -0.493 e. The van der Waals surface area contributed by atoms with E-state index in [4.69, 9.17) is 18.9 Å². The van der Waals surface area contributed by atoms with E-state index < -0.39 is 48.1 Å². The zero-order valence-electron chi connectivity index (χ0n) is 21.6. The van der Waals surface area contributed by atoms with E-state index in [2.05, 4.69) is 0 Å². The lowest BCUT2D eigenvalue weighted by Crippen LogP contribution is -2.61. The average Bonchev–Trinajstić information content (AvgIpc) is 2.87. The monoisotopic (exact) mass is 516 g/mol. The molecular weight excluding hydrogens is 480 g/mol. The van der Waals surface area contributed by atoms with Gasteiger partial charge in [-0.3, -0.25) is 4.79 Å². The van der Waals surface area contributed by atoms with Crippen LogP contribution in [0.2, 0.25) is 0 Å². The predicted molar refractivity (Wildman–Crippen MR) is 133 cm³/mol. The first-order chi connectivity index (χ1) is 17.5. The van der Waals surface area contributed by atoms with Crippen LogP contribution in [0.15, 0.2) is 48.5 Å². The van der Waals surface area contributed by atoms with Gasteiger partial charge < -0.3 is 34.3 Å². The number of carbonyl (C=O) groups excluding carboxylic acids is 2. The average molecular weight is 517 g/mol. The van der Waals surface area contributed by atoms with Gasteiger partial charge in [-0.1, -0.05) is 42.5 Å².